The smallest absolute Gasteiger partial charge is 0.336 e. The first-order valence-electron chi connectivity index (χ1n) is 6.33. The van der Waals surface area contributed by atoms with Crippen LogP contribution in [0.4, 0.5) is 11.4 Å². The first-order valence-corrected chi connectivity index (χ1v) is 6.33. The molecule has 1 heterocycles. The van der Waals surface area contributed by atoms with Crippen molar-refractivity contribution in [3.05, 3.63) is 45.0 Å². The number of aromatic carboxylic acids is 1. The number of carbonyl (C=O) groups is 1. The zero-order chi connectivity index (χ0) is 14.9. The Bertz CT molecular complexity index is 607. The lowest BCUT2D eigenvalue weighted by Gasteiger charge is -2.29. The first kappa shape index (κ1) is 14.0. The number of carboxylic acids is 1. The second-order valence-electron chi connectivity index (χ2n) is 4.96. The molecule has 1 aromatic rings. The van der Waals surface area contributed by atoms with Gasteiger partial charge in [-0.3, -0.25) is 10.1 Å². The second-order valence-corrected chi connectivity index (χ2v) is 4.96. The first-order chi connectivity index (χ1) is 9.40. The van der Waals surface area contributed by atoms with E-state index in [0.717, 1.165) is 19.0 Å². The molecule has 0 aliphatic carbocycles. The minimum absolute atomic E-state index is 0.0514. The summed E-state index contributed by atoms with van der Waals surface area (Å²) < 4.78 is 0. The molecule has 0 unspecified atom stereocenters. The molecule has 1 N–H and O–H groups in total. The molecule has 1 aromatic carbocycles. The van der Waals surface area contributed by atoms with E-state index < -0.39 is 10.9 Å². The second kappa shape index (κ2) is 5.32. The Kier molecular flexibility index (Phi) is 3.74. The summed E-state index contributed by atoms with van der Waals surface area (Å²) in [5.41, 5.74) is 2.12. The van der Waals surface area contributed by atoms with Gasteiger partial charge in [0.15, 0.2) is 0 Å². The summed E-state index contributed by atoms with van der Waals surface area (Å²) in [6.07, 6.45) is 2.98. The highest BCUT2D eigenvalue weighted by atomic mass is 16.6. The Labute approximate surface area is 116 Å². The van der Waals surface area contributed by atoms with E-state index in [4.69, 9.17) is 5.11 Å². The zero-order valence-corrected chi connectivity index (χ0v) is 11.4. The van der Waals surface area contributed by atoms with Gasteiger partial charge in [-0.05, 0) is 26.3 Å². The van der Waals surface area contributed by atoms with Crippen molar-refractivity contribution in [1.29, 1.82) is 0 Å². The summed E-state index contributed by atoms with van der Waals surface area (Å²) in [4.78, 5) is 23.7. The Balaban J connectivity index is 2.53. The molecular formula is C14H16N2O4. The molecule has 0 bridgehead atoms. The van der Waals surface area contributed by atoms with Crippen LogP contribution in [0.2, 0.25) is 0 Å². The molecule has 0 fully saturated rings. The monoisotopic (exact) mass is 276 g/mol. The van der Waals surface area contributed by atoms with Gasteiger partial charge in [-0.1, -0.05) is 11.6 Å². The van der Waals surface area contributed by atoms with Crippen molar-refractivity contribution in [3.8, 4) is 0 Å². The number of carboxylic acid groups (broad SMARTS) is 1. The van der Waals surface area contributed by atoms with Crippen molar-refractivity contribution in [2.24, 2.45) is 0 Å². The fourth-order valence-corrected chi connectivity index (χ4v) is 2.44. The molecule has 1 aliphatic heterocycles. The fourth-order valence-electron chi connectivity index (χ4n) is 2.44. The summed E-state index contributed by atoms with van der Waals surface area (Å²) in [6, 6.07) is 2.64. The highest BCUT2D eigenvalue weighted by Crippen LogP contribution is 2.32. The number of benzene rings is 1. The number of nitro groups is 1. The van der Waals surface area contributed by atoms with Crippen LogP contribution >= 0.6 is 0 Å². The minimum atomic E-state index is -1.15. The van der Waals surface area contributed by atoms with Gasteiger partial charge in [0.05, 0.1) is 16.1 Å². The van der Waals surface area contributed by atoms with Crippen LogP contribution in [0.3, 0.4) is 0 Å². The van der Waals surface area contributed by atoms with Gasteiger partial charge in [0.2, 0.25) is 0 Å². The van der Waals surface area contributed by atoms with Crippen LogP contribution in [-0.4, -0.2) is 29.1 Å². The van der Waals surface area contributed by atoms with Crippen molar-refractivity contribution >= 4 is 17.3 Å². The highest BCUT2D eigenvalue weighted by Gasteiger charge is 2.23. The van der Waals surface area contributed by atoms with Gasteiger partial charge < -0.3 is 10.0 Å². The number of hydrogen-bond donors (Lipinski definition) is 1. The lowest BCUT2D eigenvalue weighted by molar-refractivity contribution is -0.385. The Morgan fingerprint density at radius 2 is 2.10 bits per heavy atom. The van der Waals surface area contributed by atoms with Gasteiger partial charge in [0.25, 0.3) is 5.69 Å². The highest BCUT2D eigenvalue weighted by molar-refractivity contribution is 5.90. The van der Waals surface area contributed by atoms with Crippen LogP contribution in [0.1, 0.15) is 29.3 Å². The van der Waals surface area contributed by atoms with E-state index in [9.17, 15) is 14.9 Å². The quantitative estimate of drug-likeness (QED) is 0.521. The Hall–Kier alpha value is -2.37. The molecule has 2 rings (SSSR count). The average Bonchev–Trinajstić information content (AvgIpc) is 2.38. The lowest BCUT2D eigenvalue weighted by atomic mass is 10.0. The van der Waals surface area contributed by atoms with Crippen molar-refractivity contribution in [2.75, 3.05) is 18.0 Å². The van der Waals surface area contributed by atoms with E-state index in [1.54, 1.807) is 6.92 Å². The molecule has 0 atom stereocenters. The summed E-state index contributed by atoms with van der Waals surface area (Å²) in [6.45, 7) is 5.06. The van der Waals surface area contributed by atoms with Gasteiger partial charge in [0, 0.05) is 24.8 Å². The van der Waals surface area contributed by atoms with E-state index in [1.807, 2.05) is 11.8 Å². The summed E-state index contributed by atoms with van der Waals surface area (Å²) >= 11 is 0. The van der Waals surface area contributed by atoms with E-state index >= 15 is 0 Å². The number of anilines is 1. The van der Waals surface area contributed by atoms with Crippen LogP contribution in [0.15, 0.2) is 23.8 Å². The SMILES string of the molecule is CC1=CCCN(c2cc(C(=O)O)cc([N+](=O)[O-])c2C)C1. The molecular weight excluding hydrogens is 260 g/mol. The predicted octanol–water partition coefficient (Wildman–Crippen LogP) is 2.76. The summed E-state index contributed by atoms with van der Waals surface area (Å²) in [5.74, 6) is -1.15. The van der Waals surface area contributed by atoms with Gasteiger partial charge in [-0.2, -0.15) is 0 Å². The van der Waals surface area contributed by atoms with E-state index in [0.29, 0.717) is 17.8 Å². The lowest BCUT2D eigenvalue weighted by Crippen LogP contribution is -2.30. The molecule has 0 amide bonds. The van der Waals surface area contributed by atoms with Crippen LogP contribution < -0.4 is 4.90 Å². The largest absolute Gasteiger partial charge is 0.478 e. The van der Waals surface area contributed by atoms with Crippen LogP contribution in [-0.2, 0) is 0 Å². The summed E-state index contributed by atoms with van der Waals surface area (Å²) in [7, 11) is 0. The van der Waals surface area contributed by atoms with Crippen LogP contribution in [0.25, 0.3) is 0 Å². The average molecular weight is 276 g/mol. The maximum absolute atomic E-state index is 11.1. The van der Waals surface area contributed by atoms with Crippen molar-refractivity contribution < 1.29 is 14.8 Å². The van der Waals surface area contributed by atoms with Gasteiger partial charge in [0.1, 0.15) is 0 Å². The molecule has 0 radical (unpaired) electrons. The molecule has 106 valence electrons. The Morgan fingerprint density at radius 1 is 1.40 bits per heavy atom. The fraction of sp³-hybridized carbons (Fsp3) is 0.357. The zero-order valence-electron chi connectivity index (χ0n) is 11.4. The normalized spacial score (nSPS) is 14.9. The van der Waals surface area contributed by atoms with Crippen LogP contribution in [0.5, 0.6) is 0 Å². The number of nitro benzene ring substituents is 1. The molecule has 1 aliphatic rings. The van der Waals surface area contributed by atoms with Gasteiger partial charge >= 0.3 is 5.97 Å². The third kappa shape index (κ3) is 2.64. The van der Waals surface area contributed by atoms with Crippen molar-refractivity contribution in [2.45, 2.75) is 20.3 Å². The van der Waals surface area contributed by atoms with Crippen molar-refractivity contribution in [3.63, 3.8) is 0 Å². The van der Waals surface area contributed by atoms with E-state index in [1.165, 1.54) is 11.6 Å². The van der Waals surface area contributed by atoms with Crippen LogP contribution in [0, 0.1) is 17.0 Å². The van der Waals surface area contributed by atoms with Crippen molar-refractivity contribution in [1.82, 2.24) is 0 Å². The minimum Gasteiger partial charge on any atom is -0.478 e. The van der Waals surface area contributed by atoms with Gasteiger partial charge in [-0.15, -0.1) is 0 Å². The standard InChI is InChI=1S/C14H16N2O4/c1-9-4-3-5-15(8-9)12-6-11(14(17)18)7-13(10(12)2)16(19)20/h4,6-7H,3,5,8H2,1-2H3,(H,17,18). The van der Waals surface area contributed by atoms with E-state index in [-0.39, 0.29) is 11.3 Å². The van der Waals surface area contributed by atoms with E-state index in [2.05, 4.69) is 6.08 Å². The number of rotatable bonds is 3. The molecule has 0 spiro atoms. The molecule has 0 saturated carbocycles. The number of nitrogens with zero attached hydrogens (tertiary/aromatic N) is 2. The molecule has 0 aromatic heterocycles. The molecule has 6 nitrogen and oxygen atoms in total. The third-order valence-corrected chi connectivity index (χ3v) is 3.47. The maximum atomic E-state index is 11.1. The molecule has 20 heavy (non-hydrogen) atoms. The topological polar surface area (TPSA) is 83.7 Å². The number of hydrogen-bond acceptors (Lipinski definition) is 4. The Morgan fingerprint density at radius 3 is 2.65 bits per heavy atom. The molecule has 0 saturated heterocycles. The third-order valence-electron chi connectivity index (χ3n) is 3.47. The summed E-state index contributed by atoms with van der Waals surface area (Å²) in [5, 5.41) is 20.2. The maximum Gasteiger partial charge on any atom is 0.336 e. The molecule has 6 heteroatoms. The van der Waals surface area contributed by atoms with Gasteiger partial charge in [-0.25, -0.2) is 4.79 Å². The predicted molar refractivity (Wildman–Crippen MR) is 75.4 cm³/mol.